The highest BCUT2D eigenvalue weighted by atomic mass is 16.3. The highest BCUT2D eigenvalue weighted by molar-refractivity contribution is 5.40. The van der Waals surface area contributed by atoms with Crippen LogP contribution in [-0.2, 0) is 0 Å². The van der Waals surface area contributed by atoms with Gasteiger partial charge in [-0.25, -0.2) is 0 Å². The van der Waals surface area contributed by atoms with Gasteiger partial charge in [0.05, 0.1) is 6.26 Å². The molecular weight excluding hydrogens is 102 g/mol. The van der Waals surface area contributed by atoms with E-state index in [-0.39, 0.29) is 0 Å². The Hall–Kier alpha value is -0.920. The molecule has 0 aliphatic carbocycles. The highest BCUT2D eigenvalue weighted by Gasteiger charge is 2.19. The van der Waals surface area contributed by atoms with Gasteiger partial charge in [0.25, 0.3) is 0 Å². The molecule has 1 aliphatic rings. The van der Waals surface area contributed by atoms with Crippen molar-refractivity contribution in [2.75, 3.05) is 18.0 Å². The molecule has 0 N–H and O–H groups in total. The minimum absolute atomic E-state index is 1.00. The minimum Gasteiger partial charge on any atom is -0.449 e. The maximum atomic E-state index is 5.08. The monoisotopic (exact) mass is 109 g/mol. The van der Waals surface area contributed by atoms with E-state index in [0.29, 0.717) is 0 Å². The van der Waals surface area contributed by atoms with Crippen LogP contribution >= 0.6 is 0 Å². The second-order valence-corrected chi connectivity index (χ2v) is 1.94. The summed E-state index contributed by atoms with van der Waals surface area (Å²) in [5, 5.41) is 0. The van der Waals surface area contributed by atoms with Crippen LogP contribution in [0.2, 0.25) is 0 Å². The van der Waals surface area contributed by atoms with Crippen LogP contribution in [0.15, 0.2) is 22.8 Å². The third-order valence-corrected chi connectivity index (χ3v) is 1.27. The van der Waals surface area contributed by atoms with Gasteiger partial charge in [-0.15, -0.1) is 0 Å². The molecule has 0 saturated carbocycles. The molecule has 0 radical (unpaired) electrons. The van der Waals surface area contributed by atoms with Gasteiger partial charge in [-0.1, -0.05) is 0 Å². The predicted molar refractivity (Wildman–Crippen MR) is 30.9 cm³/mol. The molecule has 0 atom stereocenters. The number of nitrogens with zero attached hydrogens (tertiary/aromatic N) is 1. The molecule has 1 saturated heterocycles. The Morgan fingerprint density at radius 3 is 2.88 bits per heavy atom. The fourth-order valence-electron chi connectivity index (χ4n) is 0.720. The summed E-state index contributed by atoms with van der Waals surface area (Å²) in [6.45, 7) is 2.32. The first-order valence-electron chi connectivity index (χ1n) is 2.75. The smallest absolute Gasteiger partial charge is 0.195 e. The normalized spacial score (nSPS) is 16.8. The molecule has 2 heteroatoms. The Morgan fingerprint density at radius 2 is 2.38 bits per heavy atom. The van der Waals surface area contributed by atoms with Gasteiger partial charge in [0.1, 0.15) is 0 Å². The van der Waals surface area contributed by atoms with Crippen LogP contribution in [0.5, 0.6) is 0 Å². The van der Waals surface area contributed by atoms with E-state index >= 15 is 0 Å². The first-order chi connectivity index (χ1) is 3.97. The molecule has 8 heavy (non-hydrogen) atoms. The number of rotatable bonds is 1. The summed E-state index contributed by atoms with van der Waals surface area (Å²) in [5.74, 6) is 1.00. The summed E-state index contributed by atoms with van der Waals surface area (Å²) in [7, 11) is 0. The summed E-state index contributed by atoms with van der Waals surface area (Å²) in [5.41, 5.74) is 0. The van der Waals surface area contributed by atoms with Gasteiger partial charge in [-0.3, -0.25) is 0 Å². The standard InChI is InChI=1S/C6H7NO/c1-2-6(8-5-1)7-3-4-7/h1-2,5H,3-4H2. The maximum absolute atomic E-state index is 5.08. The topological polar surface area (TPSA) is 16.1 Å². The van der Waals surface area contributed by atoms with Gasteiger partial charge < -0.3 is 9.32 Å². The molecule has 0 spiro atoms. The van der Waals surface area contributed by atoms with Crippen molar-refractivity contribution in [3.63, 3.8) is 0 Å². The van der Waals surface area contributed by atoms with Gasteiger partial charge in [-0.05, 0) is 6.07 Å². The van der Waals surface area contributed by atoms with Gasteiger partial charge >= 0.3 is 0 Å². The van der Waals surface area contributed by atoms with Crippen LogP contribution in [0.1, 0.15) is 0 Å². The predicted octanol–water partition coefficient (Wildman–Crippen LogP) is 1.10. The van der Waals surface area contributed by atoms with Crippen molar-refractivity contribution >= 4 is 5.88 Å². The largest absolute Gasteiger partial charge is 0.449 e. The zero-order valence-corrected chi connectivity index (χ0v) is 4.50. The molecule has 1 aromatic heterocycles. The fourth-order valence-corrected chi connectivity index (χ4v) is 0.720. The molecular formula is C6H7NO. The highest BCUT2D eigenvalue weighted by Crippen LogP contribution is 2.19. The van der Waals surface area contributed by atoms with Crippen LogP contribution in [0.4, 0.5) is 5.88 Å². The fraction of sp³-hybridized carbons (Fsp3) is 0.333. The van der Waals surface area contributed by atoms with Crippen molar-refractivity contribution in [1.82, 2.24) is 0 Å². The lowest BCUT2D eigenvalue weighted by atomic mass is 10.6. The molecule has 1 aliphatic heterocycles. The molecule has 0 bridgehead atoms. The average molecular weight is 109 g/mol. The van der Waals surface area contributed by atoms with E-state index in [0.717, 1.165) is 19.0 Å². The summed E-state index contributed by atoms with van der Waals surface area (Å²) < 4.78 is 5.08. The van der Waals surface area contributed by atoms with Crippen molar-refractivity contribution in [3.8, 4) is 0 Å². The third kappa shape index (κ3) is 0.494. The Morgan fingerprint density at radius 1 is 1.50 bits per heavy atom. The van der Waals surface area contributed by atoms with Crippen molar-refractivity contribution < 1.29 is 4.42 Å². The molecule has 1 fully saturated rings. The number of anilines is 1. The lowest BCUT2D eigenvalue weighted by molar-refractivity contribution is 0.575. The lowest BCUT2D eigenvalue weighted by Gasteiger charge is -1.90. The minimum atomic E-state index is 1.00. The third-order valence-electron chi connectivity index (χ3n) is 1.27. The summed E-state index contributed by atoms with van der Waals surface area (Å²) in [6, 6.07) is 3.89. The van der Waals surface area contributed by atoms with Crippen LogP contribution in [0.3, 0.4) is 0 Å². The van der Waals surface area contributed by atoms with E-state index in [4.69, 9.17) is 4.42 Å². The lowest BCUT2D eigenvalue weighted by Crippen LogP contribution is -1.85. The summed E-state index contributed by atoms with van der Waals surface area (Å²) in [6.07, 6.45) is 1.70. The molecule has 2 heterocycles. The van der Waals surface area contributed by atoms with E-state index < -0.39 is 0 Å². The number of hydrogen-bond donors (Lipinski definition) is 0. The van der Waals surface area contributed by atoms with Crippen LogP contribution in [-0.4, -0.2) is 13.1 Å². The molecule has 42 valence electrons. The molecule has 0 amide bonds. The quantitative estimate of drug-likeness (QED) is 0.502. The van der Waals surface area contributed by atoms with E-state index in [1.54, 1.807) is 6.26 Å². The second kappa shape index (κ2) is 1.28. The van der Waals surface area contributed by atoms with Gasteiger partial charge in [0.2, 0.25) is 0 Å². The van der Waals surface area contributed by atoms with Crippen molar-refractivity contribution in [2.24, 2.45) is 0 Å². The Bertz CT molecular complexity index is 165. The number of furan rings is 1. The molecule has 2 rings (SSSR count). The summed E-state index contributed by atoms with van der Waals surface area (Å²) >= 11 is 0. The van der Waals surface area contributed by atoms with E-state index in [2.05, 4.69) is 4.90 Å². The van der Waals surface area contributed by atoms with E-state index in [9.17, 15) is 0 Å². The van der Waals surface area contributed by atoms with Crippen LogP contribution < -0.4 is 4.90 Å². The average Bonchev–Trinajstić information content (AvgIpc) is 2.49. The first kappa shape index (κ1) is 4.01. The van der Waals surface area contributed by atoms with Crippen LogP contribution in [0, 0.1) is 0 Å². The van der Waals surface area contributed by atoms with Crippen molar-refractivity contribution in [2.45, 2.75) is 0 Å². The summed E-state index contributed by atoms with van der Waals surface area (Å²) in [4.78, 5) is 2.17. The molecule has 2 nitrogen and oxygen atoms in total. The zero-order chi connectivity index (χ0) is 5.40. The molecule has 0 aromatic carbocycles. The molecule has 1 aromatic rings. The SMILES string of the molecule is c1coc(N2CC2)c1. The second-order valence-electron chi connectivity index (χ2n) is 1.94. The maximum Gasteiger partial charge on any atom is 0.195 e. The first-order valence-corrected chi connectivity index (χ1v) is 2.75. The van der Waals surface area contributed by atoms with Crippen molar-refractivity contribution in [1.29, 1.82) is 0 Å². The Balaban J connectivity index is 2.28. The van der Waals surface area contributed by atoms with E-state index in [1.807, 2.05) is 12.1 Å². The van der Waals surface area contributed by atoms with Gasteiger partial charge in [-0.2, -0.15) is 0 Å². The zero-order valence-electron chi connectivity index (χ0n) is 4.50. The Kier molecular flexibility index (Phi) is 0.640. The Labute approximate surface area is 47.7 Å². The van der Waals surface area contributed by atoms with Crippen molar-refractivity contribution in [3.05, 3.63) is 18.4 Å². The van der Waals surface area contributed by atoms with Gasteiger partial charge in [0.15, 0.2) is 5.88 Å². The van der Waals surface area contributed by atoms with Crippen LogP contribution in [0.25, 0.3) is 0 Å². The van der Waals surface area contributed by atoms with Gasteiger partial charge in [0, 0.05) is 19.2 Å². The molecule has 0 unspecified atom stereocenters. The number of hydrogen-bond acceptors (Lipinski definition) is 2. The van der Waals surface area contributed by atoms with E-state index in [1.165, 1.54) is 0 Å².